The molecule has 3 saturated heterocycles. The van der Waals surface area contributed by atoms with Crippen molar-refractivity contribution in [2.24, 2.45) is 0 Å². The largest absolute Gasteiger partial charge is 0.480 e. The number of carboxylic acid groups (broad SMARTS) is 1. The molecule has 1 N–H and O–H groups in total. The third-order valence-corrected chi connectivity index (χ3v) is 10.1. The van der Waals surface area contributed by atoms with Gasteiger partial charge in [-0.05, 0) is 25.1 Å². The number of hydrogen-bond donors (Lipinski definition) is 1. The van der Waals surface area contributed by atoms with Crippen LogP contribution in [0.3, 0.4) is 0 Å². The van der Waals surface area contributed by atoms with Gasteiger partial charge in [-0.25, -0.2) is 24.7 Å². The molecule has 8 rings (SSSR count). The highest BCUT2D eigenvalue weighted by molar-refractivity contribution is 7.13. The van der Waals surface area contributed by atoms with Crippen molar-refractivity contribution in [1.82, 2.24) is 19.9 Å². The number of pyridine rings is 1. The van der Waals surface area contributed by atoms with E-state index < -0.39 is 35.7 Å². The second-order valence-corrected chi connectivity index (χ2v) is 13.0. The highest BCUT2D eigenvalue weighted by atomic mass is 32.1. The average molecular weight is 699 g/mol. The molecule has 0 saturated carbocycles. The van der Waals surface area contributed by atoms with Crippen molar-refractivity contribution >= 4 is 50.9 Å². The van der Waals surface area contributed by atoms with E-state index in [1.54, 1.807) is 35.8 Å². The summed E-state index contributed by atoms with van der Waals surface area (Å²) in [5, 5.41) is 13.1. The number of nitrogens with zero attached hydrogens (tertiary/aromatic N) is 6. The number of alkyl halides is 3. The van der Waals surface area contributed by atoms with E-state index in [1.807, 2.05) is 13.0 Å². The lowest BCUT2D eigenvalue weighted by molar-refractivity contribution is -0.228. The van der Waals surface area contributed by atoms with Crippen LogP contribution in [0.25, 0.3) is 32.6 Å². The molecule has 0 bridgehead atoms. The number of aromatic nitrogens is 4. The van der Waals surface area contributed by atoms with Gasteiger partial charge in [0.25, 0.3) is 0 Å². The second-order valence-electron chi connectivity index (χ2n) is 12.1. The molecule has 1 aromatic carbocycles. The summed E-state index contributed by atoms with van der Waals surface area (Å²) >= 11 is 1.39. The fourth-order valence-electron chi connectivity index (χ4n) is 6.65. The number of thiazole rings is 1. The van der Waals surface area contributed by atoms with Crippen LogP contribution >= 0.6 is 11.3 Å². The van der Waals surface area contributed by atoms with E-state index in [-0.39, 0.29) is 41.8 Å². The molecular formula is C32H29F3N6O7S. The summed E-state index contributed by atoms with van der Waals surface area (Å²) in [4.78, 5) is 32.8. The Morgan fingerprint density at radius 2 is 1.98 bits per heavy atom. The van der Waals surface area contributed by atoms with E-state index >= 15 is 0 Å². The van der Waals surface area contributed by atoms with E-state index in [0.717, 1.165) is 5.56 Å². The van der Waals surface area contributed by atoms with Gasteiger partial charge < -0.3 is 38.3 Å². The zero-order valence-electron chi connectivity index (χ0n) is 26.1. The van der Waals surface area contributed by atoms with Crippen LogP contribution in [0.4, 0.5) is 24.7 Å². The smallest absolute Gasteiger partial charge is 0.451 e. The van der Waals surface area contributed by atoms with Crippen LogP contribution in [-0.2, 0) is 20.4 Å². The molecule has 256 valence electrons. The van der Waals surface area contributed by atoms with Crippen LogP contribution in [0.5, 0.6) is 11.8 Å². The number of rotatable bonds is 7. The first kappa shape index (κ1) is 31.5. The molecule has 3 atom stereocenters. The van der Waals surface area contributed by atoms with Crippen LogP contribution in [0.1, 0.15) is 19.2 Å². The van der Waals surface area contributed by atoms with Gasteiger partial charge in [0.2, 0.25) is 17.6 Å². The number of anilines is 2. The molecule has 4 aromatic heterocycles. The molecule has 3 aliphatic heterocycles. The number of halogens is 3. The van der Waals surface area contributed by atoms with E-state index in [9.17, 15) is 23.1 Å². The maximum Gasteiger partial charge on any atom is 0.451 e. The van der Waals surface area contributed by atoms with Crippen molar-refractivity contribution in [3.63, 3.8) is 0 Å². The zero-order valence-corrected chi connectivity index (χ0v) is 27.0. The van der Waals surface area contributed by atoms with Gasteiger partial charge in [0, 0.05) is 30.1 Å². The Morgan fingerprint density at radius 1 is 1.16 bits per heavy atom. The van der Waals surface area contributed by atoms with Crippen molar-refractivity contribution in [2.75, 3.05) is 49.8 Å². The molecule has 1 unspecified atom stereocenters. The van der Waals surface area contributed by atoms with Crippen LogP contribution in [0, 0.1) is 0 Å². The summed E-state index contributed by atoms with van der Waals surface area (Å²) in [6, 6.07) is 7.03. The second kappa shape index (κ2) is 11.7. The summed E-state index contributed by atoms with van der Waals surface area (Å²) < 4.78 is 71.5. The lowest BCUT2D eigenvalue weighted by atomic mass is 9.90. The summed E-state index contributed by atoms with van der Waals surface area (Å²) in [5.74, 6) is -2.22. The molecule has 3 aliphatic rings. The fourth-order valence-corrected chi connectivity index (χ4v) is 7.40. The first-order chi connectivity index (χ1) is 23.5. The standard InChI is InChI=1S/C32H29F3N6O7S/c1-16-31(14-45-15-31)46-8-7-40(16)20-9-17(28-37-23(44-2)13-49-28)11-36-27(20)47-18-10-21(29(42)43)41(12-18)26-25-24(38-30(39-26)32(33,34)35)19-5-3-4-6-22(19)48-25/h3-6,9,11,13,16,18,21H,7-8,10,12,14-15H2,1-2H3,(H,42,43)/t16-,18?,21-/m0/s1. The Bertz CT molecular complexity index is 2070. The lowest BCUT2D eigenvalue weighted by Crippen LogP contribution is -2.68. The Balaban J connectivity index is 1.18. The highest BCUT2D eigenvalue weighted by Gasteiger charge is 2.50. The van der Waals surface area contributed by atoms with Crippen molar-refractivity contribution in [2.45, 2.75) is 43.3 Å². The van der Waals surface area contributed by atoms with Crippen molar-refractivity contribution in [3.05, 3.63) is 47.7 Å². The normalized spacial score (nSPS) is 22.2. The summed E-state index contributed by atoms with van der Waals surface area (Å²) in [6.07, 6.45) is -4.14. The molecule has 3 fully saturated rings. The number of fused-ring (bicyclic) bond motifs is 3. The molecule has 1 spiro atoms. The number of morpholine rings is 1. The SMILES string of the molecule is COc1csc(-c2cnc(OC3C[C@@H](C(=O)O)N(c4nc(C(F)(F)F)nc5c4oc4ccccc45)C3)c(N3CCOC4(COC4)[C@@H]3C)c2)n1. The molecular weight excluding hydrogens is 669 g/mol. The van der Waals surface area contributed by atoms with Gasteiger partial charge >= 0.3 is 12.1 Å². The molecule has 13 nitrogen and oxygen atoms in total. The number of methoxy groups -OCH3 is 1. The fraction of sp³-hybridized carbons (Fsp3) is 0.406. The van der Waals surface area contributed by atoms with Crippen molar-refractivity contribution < 1.29 is 46.4 Å². The van der Waals surface area contributed by atoms with E-state index in [0.29, 0.717) is 53.9 Å². The van der Waals surface area contributed by atoms with Gasteiger partial charge in [-0.15, -0.1) is 11.3 Å². The molecule has 0 aliphatic carbocycles. The highest BCUT2D eigenvalue weighted by Crippen LogP contribution is 2.43. The predicted octanol–water partition coefficient (Wildman–Crippen LogP) is 5.03. The van der Waals surface area contributed by atoms with E-state index in [1.165, 1.54) is 23.3 Å². The van der Waals surface area contributed by atoms with Gasteiger partial charge in [0.1, 0.15) is 39.5 Å². The van der Waals surface area contributed by atoms with Crippen LogP contribution < -0.4 is 19.3 Å². The minimum absolute atomic E-state index is 0.0432. The number of hydrogen-bond acceptors (Lipinski definition) is 13. The number of carbonyl (C=O) groups is 1. The van der Waals surface area contributed by atoms with Crippen molar-refractivity contribution in [1.29, 1.82) is 0 Å². The van der Waals surface area contributed by atoms with Gasteiger partial charge in [-0.1, -0.05) is 12.1 Å². The van der Waals surface area contributed by atoms with Crippen LogP contribution in [0.2, 0.25) is 0 Å². The number of ether oxygens (including phenoxy) is 4. The molecule has 5 aromatic rings. The minimum Gasteiger partial charge on any atom is -0.480 e. The van der Waals surface area contributed by atoms with Gasteiger partial charge in [0.15, 0.2) is 11.4 Å². The molecule has 0 radical (unpaired) electrons. The maximum absolute atomic E-state index is 14.1. The minimum atomic E-state index is -4.89. The third kappa shape index (κ3) is 5.36. The van der Waals surface area contributed by atoms with Gasteiger partial charge in [-0.3, -0.25) is 0 Å². The quantitative estimate of drug-likeness (QED) is 0.243. The summed E-state index contributed by atoms with van der Waals surface area (Å²) in [6.45, 7) is 3.75. The van der Waals surface area contributed by atoms with Crippen LogP contribution in [0.15, 0.2) is 46.3 Å². The van der Waals surface area contributed by atoms with E-state index in [2.05, 4.69) is 24.8 Å². The topological polar surface area (TPSA) is 145 Å². The number of aliphatic carboxylic acids is 1. The Labute approximate surface area is 280 Å². The zero-order chi connectivity index (χ0) is 34.1. The number of furan rings is 1. The molecule has 49 heavy (non-hydrogen) atoms. The maximum atomic E-state index is 14.1. The first-order valence-corrected chi connectivity index (χ1v) is 16.3. The van der Waals surface area contributed by atoms with Gasteiger partial charge in [0.05, 0.1) is 44.9 Å². The molecule has 17 heteroatoms. The lowest BCUT2D eigenvalue weighted by Gasteiger charge is -2.53. The van der Waals surface area contributed by atoms with Crippen LogP contribution in [-0.4, -0.2) is 94.8 Å². The number of carboxylic acids is 1. The first-order valence-electron chi connectivity index (χ1n) is 15.5. The van der Waals surface area contributed by atoms with E-state index in [4.69, 9.17) is 23.4 Å². The number of benzene rings is 1. The summed E-state index contributed by atoms with van der Waals surface area (Å²) in [7, 11) is 1.54. The Hall–Kier alpha value is -4.74. The van der Waals surface area contributed by atoms with Gasteiger partial charge in [-0.2, -0.15) is 13.2 Å². The monoisotopic (exact) mass is 698 g/mol. The summed E-state index contributed by atoms with van der Waals surface area (Å²) in [5.41, 5.74) is 1.05. The number of para-hydroxylation sites is 1. The molecule has 7 heterocycles. The predicted molar refractivity (Wildman–Crippen MR) is 170 cm³/mol. The Morgan fingerprint density at radius 3 is 2.69 bits per heavy atom. The molecule has 0 amide bonds. The third-order valence-electron chi connectivity index (χ3n) is 9.28. The Kier molecular flexibility index (Phi) is 7.53. The average Bonchev–Trinajstić information content (AvgIpc) is 3.81. The van der Waals surface area contributed by atoms with Crippen molar-refractivity contribution in [3.8, 4) is 22.3 Å².